The number of halogens is 2. The molecule has 1 nitrogen and oxygen atoms in total. The summed E-state index contributed by atoms with van der Waals surface area (Å²) in [6.45, 7) is 1.43. The van der Waals surface area contributed by atoms with E-state index in [1.165, 1.54) is 6.92 Å². The van der Waals surface area contributed by atoms with Crippen LogP contribution < -0.4 is 5.73 Å². The molecule has 0 spiro atoms. The van der Waals surface area contributed by atoms with Crippen LogP contribution in [0, 0.1) is 5.92 Å². The molecule has 1 atom stereocenters. The molecule has 0 saturated heterocycles. The molecule has 0 heterocycles. The van der Waals surface area contributed by atoms with Gasteiger partial charge in [0.15, 0.2) is 0 Å². The third-order valence-electron chi connectivity index (χ3n) is 1.93. The van der Waals surface area contributed by atoms with Gasteiger partial charge in [-0.3, -0.25) is 0 Å². The zero-order chi connectivity index (χ0) is 7.07. The van der Waals surface area contributed by atoms with E-state index in [-0.39, 0.29) is 5.92 Å². The average molecular weight is 135 g/mol. The van der Waals surface area contributed by atoms with Crippen molar-refractivity contribution in [2.75, 3.05) is 0 Å². The first-order valence-corrected chi connectivity index (χ1v) is 3.12. The van der Waals surface area contributed by atoms with Crippen molar-refractivity contribution in [2.24, 2.45) is 11.7 Å². The molecular weight excluding hydrogens is 124 g/mol. The van der Waals surface area contributed by atoms with Gasteiger partial charge in [0.1, 0.15) is 0 Å². The van der Waals surface area contributed by atoms with Crippen LogP contribution in [0.2, 0.25) is 0 Å². The SMILES string of the molecule is CC(N)(C(F)F)C1CC1. The monoisotopic (exact) mass is 135 g/mol. The van der Waals surface area contributed by atoms with Gasteiger partial charge in [-0.05, 0) is 25.7 Å². The smallest absolute Gasteiger partial charge is 0.256 e. The number of nitrogens with two attached hydrogens (primary N) is 1. The van der Waals surface area contributed by atoms with E-state index in [0.717, 1.165) is 12.8 Å². The minimum Gasteiger partial charge on any atom is -0.320 e. The minimum absolute atomic E-state index is 0.0671. The Morgan fingerprint density at radius 1 is 1.56 bits per heavy atom. The molecule has 0 aromatic rings. The van der Waals surface area contributed by atoms with E-state index < -0.39 is 12.0 Å². The molecule has 0 radical (unpaired) electrons. The third-order valence-corrected chi connectivity index (χ3v) is 1.93. The molecule has 0 amide bonds. The van der Waals surface area contributed by atoms with Crippen LogP contribution in [0.15, 0.2) is 0 Å². The Kier molecular flexibility index (Phi) is 1.47. The number of rotatable bonds is 2. The molecule has 1 saturated carbocycles. The number of alkyl halides is 2. The van der Waals surface area contributed by atoms with Gasteiger partial charge in [-0.2, -0.15) is 0 Å². The van der Waals surface area contributed by atoms with Crippen LogP contribution >= 0.6 is 0 Å². The Hall–Kier alpha value is -0.180. The summed E-state index contributed by atoms with van der Waals surface area (Å²) in [5.74, 6) is 0.0671. The first-order chi connectivity index (χ1) is 4.05. The molecule has 1 aliphatic rings. The van der Waals surface area contributed by atoms with Gasteiger partial charge in [0.05, 0.1) is 5.54 Å². The Morgan fingerprint density at radius 3 is 2.11 bits per heavy atom. The molecule has 0 aromatic carbocycles. The Labute approximate surface area is 53.2 Å². The normalized spacial score (nSPS) is 26.3. The molecule has 0 aromatic heterocycles. The highest BCUT2D eigenvalue weighted by atomic mass is 19.3. The van der Waals surface area contributed by atoms with Gasteiger partial charge in [0.25, 0.3) is 6.43 Å². The molecule has 54 valence electrons. The number of hydrogen-bond donors (Lipinski definition) is 1. The maximum Gasteiger partial charge on any atom is 0.256 e. The van der Waals surface area contributed by atoms with Gasteiger partial charge < -0.3 is 5.73 Å². The molecule has 3 heteroatoms. The molecular formula is C6H11F2N. The lowest BCUT2D eigenvalue weighted by molar-refractivity contribution is 0.0514. The standard InChI is InChI=1S/C6H11F2N/c1-6(9,5(7)8)4-2-3-4/h4-5H,2-3,9H2,1H3. The Morgan fingerprint density at radius 2 is 2.00 bits per heavy atom. The molecule has 1 fully saturated rings. The predicted octanol–water partition coefficient (Wildman–Crippen LogP) is 1.38. The summed E-state index contributed by atoms with van der Waals surface area (Å²) in [5, 5.41) is 0. The van der Waals surface area contributed by atoms with E-state index in [4.69, 9.17) is 5.73 Å². The van der Waals surface area contributed by atoms with Gasteiger partial charge in [0, 0.05) is 0 Å². The van der Waals surface area contributed by atoms with Crippen LogP contribution in [0.1, 0.15) is 19.8 Å². The van der Waals surface area contributed by atoms with E-state index in [1.54, 1.807) is 0 Å². The maximum absolute atomic E-state index is 12.0. The van der Waals surface area contributed by atoms with Gasteiger partial charge >= 0.3 is 0 Å². The quantitative estimate of drug-likeness (QED) is 0.608. The van der Waals surface area contributed by atoms with Crippen molar-refractivity contribution in [1.29, 1.82) is 0 Å². The van der Waals surface area contributed by atoms with E-state index >= 15 is 0 Å². The Balaban J connectivity index is 2.48. The highest BCUT2D eigenvalue weighted by Gasteiger charge is 2.44. The first-order valence-electron chi connectivity index (χ1n) is 3.12. The van der Waals surface area contributed by atoms with E-state index in [9.17, 15) is 8.78 Å². The van der Waals surface area contributed by atoms with E-state index in [0.29, 0.717) is 0 Å². The summed E-state index contributed by atoms with van der Waals surface area (Å²) in [6, 6.07) is 0. The van der Waals surface area contributed by atoms with Crippen LogP contribution in [-0.4, -0.2) is 12.0 Å². The van der Waals surface area contributed by atoms with Gasteiger partial charge in [-0.25, -0.2) is 8.78 Å². The van der Waals surface area contributed by atoms with Gasteiger partial charge in [-0.1, -0.05) is 0 Å². The van der Waals surface area contributed by atoms with Crippen LogP contribution in [0.5, 0.6) is 0 Å². The fourth-order valence-corrected chi connectivity index (χ4v) is 0.884. The van der Waals surface area contributed by atoms with Crippen molar-refractivity contribution < 1.29 is 8.78 Å². The van der Waals surface area contributed by atoms with Crippen molar-refractivity contribution in [1.82, 2.24) is 0 Å². The van der Waals surface area contributed by atoms with Crippen LogP contribution in [0.25, 0.3) is 0 Å². The van der Waals surface area contributed by atoms with E-state index in [1.807, 2.05) is 0 Å². The van der Waals surface area contributed by atoms with Crippen LogP contribution in [0.4, 0.5) is 8.78 Å². The van der Waals surface area contributed by atoms with Gasteiger partial charge in [-0.15, -0.1) is 0 Å². The summed E-state index contributed by atoms with van der Waals surface area (Å²) >= 11 is 0. The highest BCUT2D eigenvalue weighted by molar-refractivity contribution is 4.96. The fourth-order valence-electron chi connectivity index (χ4n) is 0.884. The second kappa shape index (κ2) is 1.90. The molecule has 2 N–H and O–H groups in total. The molecule has 9 heavy (non-hydrogen) atoms. The molecule has 1 rings (SSSR count). The van der Waals surface area contributed by atoms with Gasteiger partial charge in [0.2, 0.25) is 0 Å². The minimum atomic E-state index is -2.37. The lowest BCUT2D eigenvalue weighted by Crippen LogP contribution is -2.45. The molecule has 0 bridgehead atoms. The zero-order valence-electron chi connectivity index (χ0n) is 5.40. The number of hydrogen-bond acceptors (Lipinski definition) is 1. The summed E-state index contributed by atoms with van der Waals surface area (Å²) < 4.78 is 24.0. The first kappa shape index (κ1) is 6.93. The molecule has 1 unspecified atom stereocenters. The third kappa shape index (κ3) is 1.21. The highest BCUT2D eigenvalue weighted by Crippen LogP contribution is 2.40. The van der Waals surface area contributed by atoms with Crippen molar-refractivity contribution >= 4 is 0 Å². The van der Waals surface area contributed by atoms with Crippen molar-refractivity contribution in [3.8, 4) is 0 Å². The van der Waals surface area contributed by atoms with Crippen molar-refractivity contribution in [3.63, 3.8) is 0 Å². The predicted molar refractivity (Wildman–Crippen MR) is 31.3 cm³/mol. The zero-order valence-corrected chi connectivity index (χ0v) is 5.40. The maximum atomic E-state index is 12.0. The second-order valence-corrected chi connectivity index (χ2v) is 2.94. The topological polar surface area (TPSA) is 26.0 Å². The molecule has 0 aliphatic heterocycles. The summed E-state index contributed by atoms with van der Waals surface area (Å²) in [7, 11) is 0. The van der Waals surface area contributed by atoms with Crippen molar-refractivity contribution in [2.45, 2.75) is 31.7 Å². The summed E-state index contributed by atoms with van der Waals surface area (Å²) in [6.07, 6.45) is -0.626. The lowest BCUT2D eigenvalue weighted by Gasteiger charge is -2.22. The lowest BCUT2D eigenvalue weighted by atomic mass is 9.98. The largest absolute Gasteiger partial charge is 0.320 e. The van der Waals surface area contributed by atoms with Crippen LogP contribution in [-0.2, 0) is 0 Å². The fraction of sp³-hybridized carbons (Fsp3) is 1.00. The average Bonchev–Trinajstić information content (AvgIpc) is 2.42. The Bertz CT molecular complexity index is 104. The second-order valence-electron chi connectivity index (χ2n) is 2.94. The van der Waals surface area contributed by atoms with Crippen molar-refractivity contribution in [3.05, 3.63) is 0 Å². The van der Waals surface area contributed by atoms with E-state index in [2.05, 4.69) is 0 Å². The van der Waals surface area contributed by atoms with Crippen LogP contribution in [0.3, 0.4) is 0 Å². The summed E-state index contributed by atoms with van der Waals surface area (Å²) in [4.78, 5) is 0. The summed E-state index contributed by atoms with van der Waals surface area (Å²) in [5.41, 5.74) is 4.09. The molecule has 1 aliphatic carbocycles.